The molecule has 1 unspecified atom stereocenters. The van der Waals surface area contributed by atoms with Crippen LogP contribution in [0.3, 0.4) is 0 Å². The number of carboxylic acids is 1. The first kappa shape index (κ1) is 15.8. The van der Waals surface area contributed by atoms with Crippen molar-refractivity contribution in [3.63, 3.8) is 0 Å². The molecular formula is C14H20N2O4S. The molecule has 2 heterocycles. The maximum Gasteiger partial charge on any atom is 0.326 e. The number of β-amino-alcohol motifs (C(OH)–C–C–N with tert-alkyl or cyclic N) is 1. The molecule has 2 amide bonds. The largest absolute Gasteiger partial charge is 0.480 e. The molecule has 0 saturated carbocycles. The molecule has 1 saturated heterocycles. The Morgan fingerprint density at radius 3 is 2.90 bits per heavy atom. The summed E-state index contributed by atoms with van der Waals surface area (Å²) in [5, 5.41) is 23.6. The molecule has 6 nitrogen and oxygen atoms in total. The van der Waals surface area contributed by atoms with Crippen molar-refractivity contribution in [3.8, 4) is 0 Å². The van der Waals surface area contributed by atoms with Crippen molar-refractivity contribution >= 4 is 23.3 Å². The number of hydrogen-bond acceptors (Lipinski definition) is 4. The summed E-state index contributed by atoms with van der Waals surface area (Å²) in [5.74, 6) is -1.08. The van der Waals surface area contributed by atoms with Crippen molar-refractivity contribution in [3.05, 3.63) is 22.4 Å². The number of thiophene rings is 1. The smallest absolute Gasteiger partial charge is 0.326 e. The molecule has 116 valence electrons. The van der Waals surface area contributed by atoms with Crippen LogP contribution in [-0.4, -0.2) is 45.8 Å². The lowest BCUT2D eigenvalue weighted by atomic mass is 10.1. The molecule has 2 rings (SSSR count). The van der Waals surface area contributed by atoms with Crippen LogP contribution in [0.2, 0.25) is 0 Å². The van der Waals surface area contributed by atoms with Gasteiger partial charge in [0.1, 0.15) is 6.04 Å². The summed E-state index contributed by atoms with van der Waals surface area (Å²) in [6.45, 7) is 2.10. The van der Waals surface area contributed by atoms with E-state index in [4.69, 9.17) is 5.11 Å². The zero-order valence-electron chi connectivity index (χ0n) is 11.9. The second kappa shape index (κ2) is 6.91. The molecule has 3 atom stereocenters. The van der Waals surface area contributed by atoms with E-state index in [1.54, 1.807) is 11.3 Å². The third-order valence-electron chi connectivity index (χ3n) is 3.59. The third-order valence-corrected chi connectivity index (χ3v) is 4.57. The summed E-state index contributed by atoms with van der Waals surface area (Å²) in [5.41, 5.74) is 0. The molecule has 7 heteroatoms. The Kier molecular flexibility index (Phi) is 5.19. The van der Waals surface area contributed by atoms with E-state index in [1.807, 2.05) is 24.4 Å². The van der Waals surface area contributed by atoms with Gasteiger partial charge in [-0.15, -0.1) is 11.3 Å². The predicted octanol–water partition coefficient (Wildman–Crippen LogP) is 1.82. The van der Waals surface area contributed by atoms with Crippen molar-refractivity contribution in [2.75, 3.05) is 6.54 Å². The van der Waals surface area contributed by atoms with Gasteiger partial charge in [-0.25, -0.2) is 9.59 Å². The highest BCUT2D eigenvalue weighted by molar-refractivity contribution is 7.10. The average Bonchev–Trinajstić information content (AvgIpc) is 3.06. The number of aliphatic carboxylic acids is 1. The van der Waals surface area contributed by atoms with E-state index >= 15 is 0 Å². The molecular weight excluding hydrogens is 292 g/mol. The normalized spacial score (nSPS) is 23.0. The van der Waals surface area contributed by atoms with Crippen LogP contribution in [0, 0.1) is 0 Å². The molecule has 3 N–H and O–H groups in total. The number of carbonyl (C=O) groups is 2. The van der Waals surface area contributed by atoms with E-state index in [2.05, 4.69) is 5.32 Å². The monoisotopic (exact) mass is 312 g/mol. The Morgan fingerprint density at radius 1 is 1.57 bits per heavy atom. The van der Waals surface area contributed by atoms with Crippen LogP contribution in [0.4, 0.5) is 4.79 Å². The number of rotatable bonds is 5. The van der Waals surface area contributed by atoms with Gasteiger partial charge >= 0.3 is 12.0 Å². The lowest BCUT2D eigenvalue weighted by Gasteiger charge is -2.25. The molecule has 21 heavy (non-hydrogen) atoms. The van der Waals surface area contributed by atoms with Crippen LogP contribution >= 0.6 is 11.3 Å². The Balaban J connectivity index is 2.06. The maximum atomic E-state index is 12.3. The maximum absolute atomic E-state index is 12.3. The summed E-state index contributed by atoms with van der Waals surface area (Å²) in [4.78, 5) is 25.8. The van der Waals surface area contributed by atoms with E-state index in [9.17, 15) is 14.7 Å². The first-order valence-electron chi connectivity index (χ1n) is 7.04. The molecule has 0 bridgehead atoms. The zero-order chi connectivity index (χ0) is 15.4. The molecule has 1 aromatic heterocycles. The second-order valence-electron chi connectivity index (χ2n) is 5.20. The summed E-state index contributed by atoms with van der Waals surface area (Å²) >= 11 is 1.56. The van der Waals surface area contributed by atoms with Crippen LogP contribution in [0.25, 0.3) is 0 Å². The standard InChI is InChI=1S/C14H20N2O4S/c1-2-4-10(12-5-3-6-21-12)15-14(20)16-8-9(17)7-11(16)13(18)19/h3,5-6,9-11,17H,2,4,7-8H2,1H3,(H,15,20)(H,18,19)/t9-,10?,11-/m0/s1. The number of likely N-dealkylation sites (tertiary alicyclic amines) is 1. The number of aliphatic hydroxyl groups excluding tert-OH is 1. The van der Waals surface area contributed by atoms with Crippen molar-refractivity contribution in [1.82, 2.24) is 10.2 Å². The van der Waals surface area contributed by atoms with Gasteiger partial charge in [-0.3, -0.25) is 0 Å². The SMILES string of the molecule is CCCC(NC(=O)N1C[C@@H](O)C[C@H]1C(=O)O)c1cccs1. The number of urea groups is 1. The van der Waals surface area contributed by atoms with Crippen molar-refractivity contribution in [2.24, 2.45) is 0 Å². The Labute approximate surface area is 127 Å². The highest BCUT2D eigenvalue weighted by Crippen LogP contribution is 2.25. The molecule has 0 spiro atoms. The highest BCUT2D eigenvalue weighted by atomic mass is 32.1. The lowest BCUT2D eigenvalue weighted by molar-refractivity contribution is -0.141. The quantitative estimate of drug-likeness (QED) is 0.773. The van der Waals surface area contributed by atoms with Crippen LogP contribution in [-0.2, 0) is 4.79 Å². The first-order valence-corrected chi connectivity index (χ1v) is 7.92. The van der Waals surface area contributed by atoms with Gasteiger partial charge in [-0.2, -0.15) is 0 Å². The Bertz CT molecular complexity index is 491. The third kappa shape index (κ3) is 3.74. The van der Waals surface area contributed by atoms with E-state index in [-0.39, 0.29) is 19.0 Å². The predicted molar refractivity (Wildman–Crippen MR) is 79.3 cm³/mol. The number of nitrogens with zero attached hydrogens (tertiary/aromatic N) is 1. The number of aliphatic hydroxyl groups is 1. The molecule has 1 aliphatic heterocycles. The zero-order valence-corrected chi connectivity index (χ0v) is 12.7. The fourth-order valence-corrected chi connectivity index (χ4v) is 3.38. The highest BCUT2D eigenvalue weighted by Gasteiger charge is 2.39. The van der Waals surface area contributed by atoms with Gasteiger partial charge in [-0.05, 0) is 17.9 Å². The number of amides is 2. The number of hydrogen-bond donors (Lipinski definition) is 3. The molecule has 0 aliphatic carbocycles. The van der Waals surface area contributed by atoms with Crippen LogP contribution < -0.4 is 5.32 Å². The molecule has 1 fully saturated rings. The van der Waals surface area contributed by atoms with Crippen LogP contribution in [0.15, 0.2) is 17.5 Å². The Hall–Kier alpha value is -1.60. The summed E-state index contributed by atoms with van der Waals surface area (Å²) in [7, 11) is 0. The van der Waals surface area contributed by atoms with Gasteiger partial charge < -0.3 is 20.4 Å². The topological polar surface area (TPSA) is 89.9 Å². The van der Waals surface area contributed by atoms with E-state index in [0.29, 0.717) is 0 Å². The Morgan fingerprint density at radius 2 is 2.33 bits per heavy atom. The minimum Gasteiger partial charge on any atom is -0.480 e. The lowest BCUT2D eigenvalue weighted by Crippen LogP contribution is -2.47. The van der Waals surface area contributed by atoms with Crippen LogP contribution in [0.1, 0.15) is 37.1 Å². The fraction of sp³-hybridized carbons (Fsp3) is 0.571. The second-order valence-corrected chi connectivity index (χ2v) is 6.18. The van der Waals surface area contributed by atoms with Crippen molar-refractivity contribution < 1.29 is 19.8 Å². The molecule has 1 aromatic rings. The summed E-state index contributed by atoms with van der Waals surface area (Å²) in [6.07, 6.45) is 1.01. The summed E-state index contributed by atoms with van der Waals surface area (Å²) < 4.78 is 0. The first-order chi connectivity index (χ1) is 10.0. The van der Waals surface area contributed by atoms with Gasteiger partial charge in [0.15, 0.2) is 0 Å². The number of carboxylic acid groups (broad SMARTS) is 1. The fourth-order valence-electron chi connectivity index (χ4n) is 2.57. The van der Waals surface area contributed by atoms with Gasteiger partial charge in [0, 0.05) is 17.8 Å². The van der Waals surface area contributed by atoms with Crippen molar-refractivity contribution in [1.29, 1.82) is 0 Å². The molecule has 1 aliphatic rings. The minimum atomic E-state index is -1.08. The van der Waals surface area contributed by atoms with Gasteiger partial charge in [-0.1, -0.05) is 19.4 Å². The minimum absolute atomic E-state index is 0.0616. The van der Waals surface area contributed by atoms with Gasteiger partial charge in [0.05, 0.1) is 12.1 Å². The average molecular weight is 312 g/mol. The van der Waals surface area contributed by atoms with Crippen molar-refractivity contribution in [2.45, 2.75) is 44.4 Å². The van der Waals surface area contributed by atoms with E-state index in [1.165, 1.54) is 4.90 Å². The van der Waals surface area contributed by atoms with Gasteiger partial charge in [0.25, 0.3) is 0 Å². The molecule has 0 radical (unpaired) electrons. The van der Waals surface area contributed by atoms with E-state index in [0.717, 1.165) is 17.7 Å². The number of nitrogens with one attached hydrogen (secondary N) is 1. The van der Waals surface area contributed by atoms with Gasteiger partial charge in [0.2, 0.25) is 0 Å². The van der Waals surface area contributed by atoms with Crippen LogP contribution in [0.5, 0.6) is 0 Å². The van der Waals surface area contributed by atoms with E-state index < -0.39 is 24.1 Å². The number of carbonyl (C=O) groups excluding carboxylic acids is 1. The summed E-state index contributed by atoms with van der Waals surface area (Å²) in [6, 6.07) is 2.39. The molecule has 0 aromatic carbocycles.